The molecule has 2 amide bonds. The van der Waals surface area contributed by atoms with Crippen LogP contribution in [-0.2, 0) is 51.8 Å². The van der Waals surface area contributed by atoms with E-state index in [0.717, 1.165) is 17.5 Å². The van der Waals surface area contributed by atoms with Gasteiger partial charge in [-0.05, 0) is 123 Å². The summed E-state index contributed by atoms with van der Waals surface area (Å²) in [7, 11) is -5.15. The Morgan fingerprint density at radius 2 is 1.06 bits per heavy atom. The summed E-state index contributed by atoms with van der Waals surface area (Å²) in [6.07, 6.45) is -2.18. The highest BCUT2D eigenvalue weighted by Gasteiger charge is 2.44. The molecule has 0 unspecified atom stereocenters. The third-order valence-electron chi connectivity index (χ3n) is 14.0. The number of nitriles is 2. The second-order valence-corrected chi connectivity index (χ2v) is 27.0. The Morgan fingerprint density at radius 1 is 0.646 bits per heavy atom. The highest BCUT2D eigenvalue weighted by molar-refractivity contribution is 7.89. The van der Waals surface area contributed by atoms with Crippen LogP contribution in [0.1, 0.15) is 91.7 Å². The van der Waals surface area contributed by atoms with Crippen LogP contribution in [0.25, 0.3) is 0 Å². The third kappa shape index (κ3) is 20.5. The summed E-state index contributed by atoms with van der Waals surface area (Å²) in [4.78, 5) is 25.8. The number of aliphatic hydroxyl groups excluding tert-OH is 2. The normalized spacial score (nSPS) is 17.9. The van der Waals surface area contributed by atoms with Gasteiger partial charge in [0, 0.05) is 39.0 Å². The fourth-order valence-corrected chi connectivity index (χ4v) is 12.8. The van der Waals surface area contributed by atoms with Crippen LogP contribution in [0.15, 0.2) is 119 Å². The van der Waals surface area contributed by atoms with Crippen LogP contribution in [0.2, 0.25) is 0 Å². The number of fused-ring (bicyclic) bond motifs is 1. The number of carbonyl (C=O) groups is 2. The lowest BCUT2D eigenvalue weighted by molar-refractivity contribution is -0.0907. The van der Waals surface area contributed by atoms with E-state index in [2.05, 4.69) is 22.8 Å². The zero-order valence-corrected chi connectivity index (χ0v) is 50.2. The maximum atomic E-state index is 13.9. The molecule has 2 heterocycles. The number of benzene rings is 4. The molecule has 0 spiro atoms. The van der Waals surface area contributed by atoms with E-state index in [-0.39, 0.29) is 80.5 Å². The molecule has 20 nitrogen and oxygen atoms in total. The summed E-state index contributed by atoms with van der Waals surface area (Å²) in [5.41, 5.74) is -0.169. The highest BCUT2D eigenvalue weighted by Crippen LogP contribution is 2.34. The third-order valence-corrected chi connectivity index (χ3v) is 17.6. The van der Waals surface area contributed by atoms with Gasteiger partial charge >= 0.3 is 12.2 Å². The lowest BCUT2D eigenvalue weighted by atomic mass is 9.88. The van der Waals surface area contributed by atoms with Gasteiger partial charge in [-0.15, -0.1) is 0 Å². The number of aliphatic hydroxyl groups is 2. The van der Waals surface area contributed by atoms with Gasteiger partial charge in [-0.3, -0.25) is 0 Å². The Labute approximate surface area is 484 Å². The number of hydrogen-bond acceptors (Lipinski definition) is 16. The van der Waals surface area contributed by atoms with Gasteiger partial charge in [0.25, 0.3) is 0 Å². The first-order valence-corrected chi connectivity index (χ1v) is 30.2. The number of ether oxygens (including phenoxy) is 6. The molecule has 0 saturated carbocycles. The Balaban J connectivity index is 0.000000302. The molecule has 0 bridgehead atoms. The van der Waals surface area contributed by atoms with Gasteiger partial charge in [-0.2, -0.15) is 19.1 Å². The number of carbonyl (C=O) groups excluding carboxylic acids is 2. The van der Waals surface area contributed by atoms with Crippen molar-refractivity contribution in [3.8, 4) is 23.6 Å². The van der Waals surface area contributed by atoms with Crippen LogP contribution in [0, 0.1) is 39.4 Å². The van der Waals surface area contributed by atoms with Crippen molar-refractivity contribution in [3.63, 3.8) is 0 Å². The van der Waals surface area contributed by atoms with Crippen LogP contribution in [0.4, 0.5) is 9.59 Å². The maximum absolute atomic E-state index is 13.9. The lowest BCUT2D eigenvalue weighted by Gasteiger charge is -2.35. The van der Waals surface area contributed by atoms with E-state index in [0.29, 0.717) is 30.9 Å². The Bertz CT molecular complexity index is 2950. The molecule has 4 aromatic carbocycles. The van der Waals surface area contributed by atoms with Crippen LogP contribution in [0.3, 0.4) is 0 Å². The summed E-state index contributed by atoms with van der Waals surface area (Å²) >= 11 is 0. The smallest absolute Gasteiger partial charge is 0.407 e. The molecule has 2 aliphatic rings. The number of nitrogens with zero attached hydrogens (tertiary/aromatic N) is 4. The molecule has 2 saturated heterocycles. The van der Waals surface area contributed by atoms with Gasteiger partial charge in [-0.1, -0.05) is 88.4 Å². The summed E-state index contributed by atoms with van der Waals surface area (Å²) in [5.74, 6) is 0.970. The fraction of sp³-hybridized carbons (Fsp3) is 0.533. The largest absolute Gasteiger partial charge is 0.497 e. The van der Waals surface area contributed by atoms with E-state index >= 15 is 0 Å². The predicted molar refractivity (Wildman–Crippen MR) is 307 cm³/mol. The first-order chi connectivity index (χ1) is 38.7. The van der Waals surface area contributed by atoms with Gasteiger partial charge in [-0.25, -0.2) is 26.4 Å². The van der Waals surface area contributed by atoms with Crippen molar-refractivity contribution in [1.82, 2.24) is 19.2 Å². The molecule has 2 fully saturated rings. The van der Waals surface area contributed by atoms with Crippen LogP contribution in [0.5, 0.6) is 11.5 Å². The number of sulfonamides is 2. The van der Waals surface area contributed by atoms with E-state index in [1.807, 2.05) is 88.4 Å². The van der Waals surface area contributed by atoms with Crippen LogP contribution < -0.4 is 20.1 Å². The van der Waals surface area contributed by atoms with Crippen molar-refractivity contribution in [2.45, 2.75) is 145 Å². The van der Waals surface area contributed by atoms with E-state index in [1.165, 1.54) is 47.1 Å². The van der Waals surface area contributed by atoms with Gasteiger partial charge in [0.1, 0.15) is 23.2 Å². The van der Waals surface area contributed by atoms with Crippen molar-refractivity contribution in [2.75, 3.05) is 53.6 Å². The SMILES string of the molecule is COc1ccc(S(=O)(=O)N(C[C@@H](O)[C@H](Cc2ccccc2)NC(=O)OC(C)(C)C)CC(C)(C)CCC#N)cc1.COc1ccc(S(=O)(=O)N(C[C@@H](O)[C@H](Cc2ccccc2)NC(=O)O[C@H]2CO[C@H]3OCC[C@H]32)CC(C)(C)CCC#N)cc1. The minimum absolute atomic E-state index is 0.0399. The molecule has 0 aliphatic carbocycles. The topological polar surface area (TPSA) is 276 Å². The molecule has 82 heavy (non-hydrogen) atoms. The number of nitrogens with one attached hydrogen (secondary N) is 2. The molecule has 4 N–H and O–H groups in total. The zero-order valence-electron chi connectivity index (χ0n) is 48.5. The molecule has 7 atom stereocenters. The summed E-state index contributed by atoms with van der Waals surface area (Å²) < 4.78 is 90.5. The summed E-state index contributed by atoms with van der Waals surface area (Å²) in [6, 6.07) is 33.2. The zero-order chi connectivity index (χ0) is 60.3. The predicted octanol–water partition coefficient (Wildman–Crippen LogP) is 7.99. The average molecular weight is 1180 g/mol. The van der Waals surface area contributed by atoms with Crippen molar-refractivity contribution < 1.29 is 65.1 Å². The number of methoxy groups -OCH3 is 2. The first kappa shape index (κ1) is 66.5. The quantitative estimate of drug-likeness (QED) is 0.0440. The lowest BCUT2D eigenvalue weighted by Crippen LogP contribution is -2.52. The molecule has 0 radical (unpaired) electrons. The summed E-state index contributed by atoms with van der Waals surface area (Å²) in [5, 5.41) is 46.7. The first-order valence-electron chi connectivity index (χ1n) is 27.4. The average Bonchev–Trinajstić information content (AvgIpc) is 4.21. The Kier molecular flexibility index (Phi) is 24.5. The number of rotatable bonds is 27. The number of amides is 2. The van der Waals surface area contributed by atoms with Crippen molar-refractivity contribution in [3.05, 3.63) is 120 Å². The standard InChI is InChI=1S/C31H41N3O8S.C29H41N3O6S/c1-31(2,15-7-16-32)21-34(43(37,38)24-12-10-23(39-3)11-13-24)19-27(35)26(18-22-8-5-4-6-9-22)33-30(36)42-28-20-41-29-25(28)14-17-40-29;1-28(2,3)38-27(34)31-25(19-22-11-8-7-9-12-22)26(33)20-32(21-29(4,5)17-10-18-30)39(35,36)24-15-13-23(37-6)14-16-24/h4-6,8-13,25-29,35H,7,14-15,17-21H2,1-3H3,(H,33,36);7-9,11-16,25-26,33H,10,17,19-21H2,1-6H3,(H,31,34)/t25-,26-,27+,28-,29+;25-,26+/m00/s1. The minimum atomic E-state index is -4.08. The van der Waals surface area contributed by atoms with Crippen molar-refractivity contribution >= 4 is 32.2 Å². The second kappa shape index (κ2) is 30.3. The van der Waals surface area contributed by atoms with Crippen LogP contribution >= 0.6 is 0 Å². The fourth-order valence-electron chi connectivity index (χ4n) is 9.49. The Morgan fingerprint density at radius 3 is 1.45 bits per heavy atom. The Hall–Kier alpha value is -6.34. The molecule has 6 rings (SSSR count). The van der Waals surface area contributed by atoms with Crippen molar-refractivity contribution in [1.29, 1.82) is 10.5 Å². The number of hydrogen-bond donors (Lipinski definition) is 4. The molecule has 22 heteroatoms. The molecule has 448 valence electrons. The molecular weight excluding hydrogens is 1090 g/mol. The van der Waals surface area contributed by atoms with E-state index < -0.39 is 79.1 Å². The van der Waals surface area contributed by atoms with Gasteiger partial charge in [0.15, 0.2) is 6.29 Å². The van der Waals surface area contributed by atoms with Gasteiger partial charge in [0.2, 0.25) is 20.0 Å². The monoisotopic (exact) mass is 1170 g/mol. The van der Waals surface area contributed by atoms with E-state index in [9.17, 15) is 36.6 Å². The second-order valence-electron chi connectivity index (χ2n) is 23.1. The minimum Gasteiger partial charge on any atom is -0.497 e. The van der Waals surface area contributed by atoms with Crippen molar-refractivity contribution in [2.24, 2.45) is 16.7 Å². The van der Waals surface area contributed by atoms with Gasteiger partial charge in [0.05, 0.1) is 79.6 Å². The molecule has 2 aliphatic heterocycles. The van der Waals surface area contributed by atoms with E-state index in [1.54, 1.807) is 45.0 Å². The molecular formula is C60H82N6O14S2. The number of alkyl carbamates (subject to hydrolysis) is 2. The molecule has 0 aromatic heterocycles. The summed E-state index contributed by atoms with van der Waals surface area (Å²) in [6.45, 7) is 13.0. The highest BCUT2D eigenvalue weighted by atomic mass is 32.2. The van der Waals surface area contributed by atoms with Crippen LogP contribution in [-0.4, -0.2) is 144 Å². The maximum Gasteiger partial charge on any atom is 0.407 e. The molecule has 4 aromatic rings. The van der Waals surface area contributed by atoms with E-state index in [4.69, 9.17) is 38.9 Å². The van der Waals surface area contributed by atoms with Gasteiger partial charge < -0.3 is 49.3 Å².